The highest BCUT2D eigenvalue weighted by atomic mass is 35.5. The molecule has 1 N–H and O–H groups in total. The van der Waals surface area contributed by atoms with E-state index in [4.69, 9.17) is 16.3 Å². The van der Waals surface area contributed by atoms with Gasteiger partial charge in [-0.3, -0.25) is 9.59 Å². The van der Waals surface area contributed by atoms with E-state index in [9.17, 15) is 9.59 Å². The molecule has 146 valence electrons. The van der Waals surface area contributed by atoms with Crippen molar-refractivity contribution in [3.05, 3.63) is 59.8 Å². The van der Waals surface area contributed by atoms with E-state index in [0.717, 1.165) is 10.9 Å². The van der Waals surface area contributed by atoms with Crippen LogP contribution in [0.4, 0.5) is 5.69 Å². The summed E-state index contributed by atoms with van der Waals surface area (Å²) in [6.45, 7) is 1.95. The fourth-order valence-electron chi connectivity index (χ4n) is 2.74. The number of benzene rings is 2. The smallest absolute Gasteiger partial charge is 0.265 e. The van der Waals surface area contributed by atoms with E-state index >= 15 is 0 Å². The Hall–Kier alpha value is -2.99. The van der Waals surface area contributed by atoms with Crippen molar-refractivity contribution in [3.63, 3.8) is 0 Å². The topological polar surface area (TPSA) is 63.6 Å². The van der Waals surface area contributed by atoms with Crippen LogP contribution in [0.15, 0.2) is 54.7 Å². The van der Waals surface area contributed by atoms with Crippen molar-refractivity contribution < 1.29 is 14.3 Å². The summed E-state index contributed by atoms with van der Waals surface area (Å²) in [7, 11) is 3.46. The third kappa shape index (κ3) is 4.64. The molecular formula is C21H22ClN3O3. The Labute approximate surface area is 168 Å². The van der Waals surface area contributed by atoms with E-state index in [-0.39, 0.29) is 18.4 Å². The minimum Gasteiger partial charge on any atom is -0.481 e. The summed E-state index contributed by atoms with van der Waals surface area (Å²) >= 11 is 5.94. The van der Waals surface area contributed by atoms with Crippen LogP contribution in [0.1, 0.15) is 6.92 Å². The zero-order valence-electron chi connectivity index (χ0n) is 16.0. The van der Waals surface area contributed by atoms with Crippen molar-refractivity contribution in [2.45, 2.75) is 19.6 Å². The zero-order valence-corrected chi connectivity index (χ0v) is 16.7. The number of anilines is 1. The number of carbonyl (C=O) groups excluding carboxylic acids is 2. The number of hydrogen-bond donors (Lipinski definition) is 1. The average Bonchev–Trinajstić information content (AvgIpc) is 3.03. The normalized spacial score (nSPS) is 11.9. The number of carbonyl (C=O) groups is 2. The Morgan fingerprint density at radius 1 is 1.18 bits per heavy atom. The van der Waals surface area contributed by atoms with Crippen molar-refractivity contribution in [2.75, 3.05) is 19.4 Å². The van der Waals surface area contributed by atoms with Gasteiger partial charge in [0.1, 0.15) is 12.3 Å². The summed E-state index contributed by atoms with van der Waals surface area (Å²) in [5.41, 5.74) is 1.59. The first kappa shape index (κ1) is 19.8. The van der Waals surface area contributed by atoms with E-state index in [2.05, 4.69) is 5.32 Å². The fourth-order valence-corrected chi connectivity index (χ4v) is 2.93. The molecule has 7 heteroatoms. The number of fused-ring (bicyclic) bond motifs is 1. The molecule has 0 saturated heterocycles. The lowest BCUT2D eigenvalue weighted by Gasteiger charge is -2.15. The van der Waals surface area contributed by atoms with Crippen molar-refractivity contribution in [1.82, 2.24) is 9.47 Å². The second-order valence-corrected chi connectivity index (χ2v) is 7.15. The minimum absolute atomic E-state index is 0.0156. The van der Waals surface area contributed by atoms with Gasteiger partial charge in [-0.2, -0.15) is 0 Å². The Morgan fingerprint density at radius 3 is 2.68 bits per heavy atom. The number of ether oxygens (including phenoxy) is 1. The molecule has 1 heterocycles. The Kier molecular flexibility index (Phi) is 5.90. The predicted molar refractivity (Wildman–Crippen MR) is 111 cm³/mol. The molecule has 2 amide bonds. The Balaban J connectivity index is 1.68. The molecule has 28 heavy (non-hydrogen) atoms. The molecule has 0 bridgehead atoms. The van der Waals surface area contributed by atoms with Gasteiger partial charge < -0.3 is 19.5 Å². The van der Waals surface area contributed by atoms with Crippen molar-refractivity contribution in [1.29, 1.82) is 0 Å². The van der Waals surface area contributed by atoms with Crippen molar-refractivity contribution in [2.24, 2.45) is 0 Å². The maximum absolute atomic E-state index is 12.4. The lowest BCUT2D eigenvalue weighted by atomic mass is 10.2. The van der Waals surface area contributed by atoms with E-state index in [1.165, 1.54) is 0 Å². The largest absolute Gasteiger partial charge is 0.481 e. The molecule has 2 aromatic carbocycles. The maximum atomic E-state index is 12.4. The highest BCUT2D eigenvalue weighted by Gasteiger charge is 2.16. The number of aromatic nitrogens is 1. The van der Waals surface area contributed by atoms with Crippen LogP contribution in [0.3, 0.4) is 0 Å². The molecule has 0 aliphatic heterocycles. The summed E-state index contributed by atoms with van der Waals surface area (Å²) in [6, 6.07) is 14.4. The van der Waals surface area contributed by atoms with Gasteiger partial charge in [0.2, 0.25) is 5.91 Å². The lowest BCUT2D eigenvalue weighted by molar-refractivity contribution is -0.129. The summed E-state index contributed by atoms with van der Waals surface area (Å²) < 4.78 is 7.53. The third-order valence-electron chi connectivity index (χ3n) is 4.32. The van der Waals surface area contributed by atoms with Crippen molar-refractivity contribution in [3.8, 4) is 5.75 Å². The molecule has 6 nitrogen and oxygen atoms in total. The zero-order chi connectivity index (χ0) is 20.3. The van der Waals surface area contributed by atoms with Gasteiger partial charge in [-0.25, -0.2) is 0 Å². The van der Waals surface area contributed by atoms with Crippen molar-refractivity contribution >= 4 is 40.0 Å². The second kappa shape index (κ2) is 8.35. The monoisotopic (exact) mass is 399 g/mol. The van der Waals surface area contributed by atoms with Gasteiger partial charge in [-0.05, 0) is 49.4 Å². The first-order valence-electron chi connectivity index (χ1n) is 8.85. The Bertz CT molecular complexity index is 1010. The SMILES string of the molecule is C[C@@H](Oc1cccc(Cl)c1)C(=O)Nc1ccc2c(ccn2CC(=O)N(C)C)c1. The van der Waals surface area contributed by atoms with Crippen LogP contribution in [0.5, 0.6) is 5.75 Å². The quantitative estimate of drug-likeness (QED) is 0.685. The highest BCUT2D eigenvalue weighted by molar-refractivity contribution is 6.30. The summed E-state index contributed by atoms with van der Waals surface area (Å²) in [5.74, 6) is 0.289. The van der Waals surface area contributed by atoms with Gasteiger partial charge in [0.05, 0.1) is 0 Å². The van der Waals surface area contributed by atoms with Gasteiger partial charge in [0, 0.05) is 41.9 Å². The van der Waals surface area contributed by atoms with Crippen LogP contribution < -0.4 is 10.1 Å². The summed E-state index contributed by atoms with van der Waals surface area (Å²) in [5, 5.41) is 4.34. The number of rotatable bonds is 6. The number of nitrogens with zero attached hydrogens (tertiary/aromatic N) is 2. The molecule has 0 aliphatic carbocycles. The van der Waals surface area contributed by atoms with Gasteiger partial charge in [0.25, 0.3) is 5.91 Å². The molecule has 0 aliphatic rings. The molecular weight excluding hydrogens is 378 g/mol. The predicted octanol–water partition coefficient (Wildman–Crippen LogP) is 3.79. The first-order chi connectivity index (χ1) is 13.3. The molecule has 3 aromatic rings. The van der Waals surface area contributed by atoms with Gasteiger partial charge in [0.15, 0.2) is 6.10 Å². The van der Waals surface area contributed by atoms with E-state index in [1.54, 1.807) is 50.2 Å². The standard InChI is InChI=1S/C21H22ClN3O3/c1-14(28-18-6-4-5-16(22)12-18)21(27)23-17-7-8-19-15(11-17)9-10-25(19)13-20(26)24(2)3/h4-12,14H,13H2,1-3H3,(H,23,27)/t14-/m1/s1. The van der Waals surface area contributed by atoms with E-state index in [1.807, 2.05) is 35.0 Å². The van der Waals surface area contributed by atoms with Crippen LogP contribution in [0.2, 0.25) is 5.02 Å². The van der Waals surface area contributed by atoms with Gasteiger partial charge in [-0.1, -0.05) is 17.7 Å². The number of hydrogen-bond acceptors (Lipinski definition) is 3. The number of likely N-dealkylation sites (N-methyl/N-ethyl adjacent to an activating group) is 1. The lowest BCUT2D eigenvalue weighted by Crippen LogP contribution is -2.30. The number of halogens is 1. The molecule has 1 aromatic heterocycles. The highest BCUT2D eigenvalue weighted by Crippen LogP contribution is 2.22. The van der Waals surface area contributed by atoms with Crippen LogP contribution in [0, 0.1) is 0 Å². The minimum atomic E-state index is -0.684. The molecule has 3 rings (SSSR count). The van der Waals surface area contributed by atoms with Crippen LogP contribution in [0.25, 0.3) is 10.9 Å². The summed E-state index contributed by atoms with van der Waals surface area (Å²) in [6.07, 6.45) is 1.18. The maximum Gasteiger partial charge on any atom is 0.265 e. The van der Waals surface area contributed by atoms with Crippen LogP contribution in [-0.2, 0) is 16.1 Å². The molecule has 1 atom stereocenters. The molecule has 0 radical (unpaired) electrons. The molecule has 0 saturated carbocycles. The number of amides is 2. The first-order valence-corrected chi connectivity index (χ1v) is 9.23. The number of nitrogens with one attached hydrogen (secondary N) is 1. The third-order valence-corrected chi connectivity index (χ3v) is 4.56. The Morgan fingerprint density at radius 2 is 1.96 bits per heavy atom. The fraction of sp³-hybridized carbons (Fsp3) is 0.238. The summed E-state index contributed by atoms with van der Waals surface area (Å²) in [4.78, 5) is 25.9. The van der Waals surface area contributed by atoms with Crippen LogP contribution in [-0.4, -0.2) is 41.5 Å². The average molecular weight is 400 g/mol. The van der Waals surface area contributed by atoms with Crippen LogP contribution >= 0.6 is 11.6 Å². The van der Waals surface area contributed by atoms with Gasteiger partial charge in [-0.15, -0.1) is 0 Å². The molecule has 0 fully saturated rings. The van der Waals surface area contributed by atoms with Gasteiger partial charge >= 0.3 is 0 Å². The molecule has 0 unspecified atom stereocenters. The second-order valence-electron chi connectivity index (χ2n) is 6.71. The molecule has 0 spiro atoms. The van der Waals surface area contributed by atoms with E-state index < -0.39 is 6.10 Å². The van der Waals surface area contributed by atoms with E-state index in [0.29, 0.717) is 16.5 Å².